The molecule has 2 rings (SSSR count). The van der Waals surface area contributed by atoms with Gasteiger partial charge in [-0.15, -0.1) is 11.3 Å². The molecule has 2 aromatic rings. The minimum absolute atomic E-state index is 0.0295. The molecule has 7 heteroatoms. The van der Waals surface area contributed by atoms with Crippen molar-refractivity contribution in [1.29, 1.82) is 0 Å². The number of carbonyl (C=O) groups is 1. The number of hydrogen-bond donors (Lipinski definition) is 2. The topological polar surface area (TPSA) is 70.7 Å². The number of carboxylic acids is 1. The van der Waals surface area contributed by atoms with Crippen molar-refractivity contribution in [3.8, 4) is 0 Å². The van der Waals surface area contributed by atoms with Crippen molar-refractivity contribution >= 4 is 49.2 Å². The van der Waals surface area contributed by atoms with Crippen LogP contribution in [0.3, 0.4) is 0 Å². The molecular weight excluding hydrogens is 376 g/mol. The van der Waals surface area contributed by atoms with Crippen molar-refractivity contribution in [3.63, 3.8) is 0 Å². The third-order valence-corrected chi connectivity index (χ3v) is 5.42. The molecule has 1 unspecified atom stereocenters. The van der Waals surface area contributed by atoms with Crippen LogP contribution in [0.1, 0.15) is 27.1 Å². The predicted octanol–water partition coefficient (Wildman–Crippen LogP) is 3.65. The summed E-state index contributed by atoms with van der Waals surface area (Å²) in [5.41, 5.74) is -0.0295. The third kappa shape index (κ3) is 2.47. The number of carboxylic acid groups (broad SMARTS) is 1. The van der Waals surface area contributed by atoms with Gasteiger partial charge in [0.2, 0.25) is 0 Å². The van der Waals surface area contributed by atoms with Gasteiger partial charge in [0.1, 0.15) is 11.7 Å². The monoisotopic (exact) mass is 380 g/mol. The minimum Gasteiger partial charge on any atom is -0.478 e. The van der Waals surface area contributed by atoms with Crippen LogP contribution < -0.4 is 0 Å². The first-order chi connectivity index (χ1) is 8.00. The first kappa shape index (κ1) is 12.8. The predicted molar refractivity (Wildman–Crippen MR) is 69.4 cm³/mol. The van der Waals surface area contributed by atoms with E-state index < -0.39 is 12.1 Å². The Labute approximate surface area is 117 Å². The van der Waals surface area contributed by atoms with Crippen molar-refractivity contribution < 1.29 is 19.4 Å². The molecule has 2 aromatic heterocycles. The molecule has 1 atom stereocenters. The van der Waals surface area contributed by atoms with Crippen molar-refractivity contribution in [3.05, 3.63) is 42.9 Å². The summed E-state index contributed by atoms with van der Waals surface area (Å²) in [5.74, 6) is -1.08. The molecule has 4 nitrogen and oxygen atoms in total. The SMILES string of the molecule is O=C(O)c1ccoc1C(O)c1cc(Br)c(Br)s1. The van der Waals surface area contributed by atoms with Crippen LogP contribution in [0.2, 0.25) is 0 Å². The van der Waals surface area contributed by atoms with Crippen molar-refractivity contribution in [1.82, 2.24) is 0 Å². The molecule has 0 fully saturated rings. The second-order valence-electron chi connectivity index (χ2n) is 3.18. The van der Waals surface area contributed by atoms with E-state index >= 15 is 0 Å². The van der Waals surface area contributed by atoms with Gasteiger partial charge in [-0.3, -0.25) is 0 Å². The number of furan rings is 1. The highest BCUT2D eigenvalue weighted by molar-refractivity contribution is 9.13. The maximum absolute atomic E-state index is 10.9. The molecule has 0 saturated heterocycles. The largest absolute Gasteiger partial charge is 0.478 e. The summed E-state index contributed by atoms with van der Waals surface area (Å²) in [6.07, 6.45) is 0.170. The standard InChI is InChI=1S/C10H6Br2O4S/c11-5-3-6(17-9(5)12)7(13)8-4(10(14)15)1-2-16-8/h1-3,7,13H,(H,14,15). The number of halogens is 2. The minimum atomic E-state index is -1.12. The third-order valence-electron chi connectivity index (χ3n) is 2.11. The number of aliphatic hydroxyl groups excluding tert-OH is 1. The average molecular weight is 382 g/mol. The lowest BCUT2D eigenvalue weighted by atomic mass is 10.1. The van der Waals surface area contributed by atoms with Gasteiger partial charge in [0, 0.05) is 9.35 Å². The van der Waals surface area contributed by atoms with E-state index in [0.717, 1.165) is 8.26 Å². The fraction of sp³-hybridized carbons (Fsp3) is 0.100. The molecule has 0 saturated carbocycles. The smallest absolute Gasteiger partial charge is 0.339 e. The van der Waals surface area contributed by atoms with E-state index in [1.54, 1.807) is 6.07 Å². The second-order valence-corrected chi connectivity index (χ2v) is 6.43. The molecule has 0 spiro atoms. The van der Waals surface area contributed by atoms with E-state index in [1.165, 1.54) is 23.7 Å². The van der Waals surface area contributed by atoms with E-state index in [0.29, 0.717) is 4.88 Å². The van der Waals surface area contributed by atoms with Gasteiger partial charge in [-0.1, -0.05) is 0 Å². The Kier molecular flexibility index (Phi) is 3.72. The maximum Gasteiger partial charge on any atom is 0.339 e. The lowest BCUT2D eigenvalue weighted by Crippen LogP contribution is -2.04. The average Bonchev–Trinajstić information content (AvgIpc) is 2.85. The molecule has 2 heterocycles. The molecule has 0 aliphatic rings. The van der Waals surface area contributed by atoms with Gasteiger partial charge in [-0.2, -0.15) is 0 Å². The van der Waals surface area contributed by atoms with E-state index in [1.807, 2.05) is 0 Å². The number of aliphatic hydroxyl groups is 1. The van der Waals surface area contributed by atoms with Crippen LogP contribution in [0.25, 0.3) is 0 Å². The molecular formula is C10H6Br2O4S. The van der Waals surface area contributed by atoms with Gasteiger partial charge >= 0.3 is 5.97 Å². The van der Waals surface area contributed by atoms with Gasteiger partial charge in [0.15, 0.2) is 5.76 Å². The van der Waals surface area contributed by atoms with Gasteiger partial charge < -0.3 is 14.6 Å². The zero-order valence-corrected chi connectivity index (χ0v) is 12.2. The fourth-order valence-corrected chi connectivity index (χ4v) is 3.41. The summed E-state index contributed by atoms with van der Waals surface area (Å²) >= 11 is 7.92. The van der Waals surface area contributed by atoms with Gasteiger partial charge in [0.25, 0.3) is 0 Å². The lowest BCUT2D eigenvalue weighted by Gasteiger charge is -2.05. The number of thiophene rings is 1. The van der Waals surface area contributed by atoms with E-state index in [4.69, 9.17) is 9.52 Å². The van der Waals surface area contributed by atoms with Gasteiger partial charge in [0.05, 0.1) is 10.0 Å². The van der Waals surface area contributed by atoms with E-state index in [-0.39, 0.29) is 11.3 Å². The van der Waals surface area contributed by atoms with Gasteiger partial charge in [-0.05, 0) is 44.0 Å². The summed E-state index contributed by atoms with van der Waals surface area (Å²) in [6.45, 7) is 0. The number of aromatic carboxylic acids is 1. The van der Waals surface area contributed by atoms with Crippen LogP contribution >= 0.6 is 43.2 Å². The van der Waals surface area contributed by atoms with Crippen molar-refractivity contribution in [2.24, 2.45) is 0 Å². The Balaban J connectivity index is 2.40. The highest BCUT2D eigenvalue weighted by Gasteiger charge is 2.24. The normalized spacial score (nSPS) is 12.6. The van der Waals surface area contributed by atoms with Crippen molar-refractivity contribution in [2.75, 3.05) is 0 Å². The highest BCUT2D eigenvalue weighted by atomic mass is 79.9. The van der Waals surface area contributed by atoms with E-state index in [9.17, 15) is 9.90 Å². The van der Waals surface area contributed by atoms with E-state index in [2.05, 4.69) is 31.9 Å². The quantitative estimate of drug-likeness (QED) is 0.851. The molecule has 0 radical (unpaired) electrons. The summed E-state index contributed by atoms with van der Waals surface area (Å²) in [5, 5.41) is 19.0. The van der Waals surface area contributed by atoms with Crippen LogP contribution in [-0.2, 0) is 0 Å². The molecule has 2 N–H and O–H groups in total. The van der Waals surface area contributed by atoms with Crippen LogP contribution in [0.15, 0.2) is 31.1 Å². The molecule has 17 heavy (non-hydrogen) atoms. The zero-order chi connectivity index (χ0) is 12.6. The molecule has 0 amide bonds. The lowest BCUT2D eigenvalue weighted by molar-refractivity contribution is 0.0688. The number of hydrogen-bond acceptors (Lipinski definition) is 4. The zero-order valence-electron chi connectivity index (χ0n) is 8.18. The first-order valence-corrected chi connectivity index (χ1v) is 6.84. The second kappa shape index (κ2) is 4.93. The van der Waals surface area contributed by atoms with Crippen molar-refractivity contribution in [2.45, 2.75) is 6.10 Å². The Bertz CT molecular complexity index is 541. The molecule has 90 valence electrons. The Morgan fingerprint density at radius 2 is 2.18 bits per heavy atom. The molecule has 0 aliphatic carbocycles. The van der Waals surface area contributed by atoms with Crippen LogP contribution in [0.4, 0.5) is 0 Å². The van der Waals surface area contributed by atoms with Crippen LogP contribution in [0, 0.1) is 0 Å². The first-order valence-electron chi connectivity index (χ1n) is 4.44. The molecule has 0 bridgehead atoms. The van der Waals surface area contributed by atoms with Crippen LogP contribution in [-0.4, -0.2) is 16.2 Å². The summed E-state index contributed by atoms with van der Waals surface area (Å²) in [4.78, 5) is 11.5. The number of rotatable bonds is 3. The molecule has 0 aliphatic heterocycles. The summed E-state index contributed by atoms with van der Waals surface area (Å²) in [7, 11) is 0. The summed E-state index contributed by atoms with van der Waals surface area (Å²) < 4.78 is 6.67. The Hall–Kier alpha value is -0.630. The maximum atomic E-state index is 10.9. The highest BCUT2D eigenvalue weighted by Crippen LogP contribution is 2.38. The fourth-order valence-electron chi connectivity index (χ4n) is 1.34. The van der Waals surface area contributed by atoms with Crippen LogP contribution in [0.5, 0.6) is 0 Å². The Morgan fingerprint density at radius 3 is 2.71 bits per heavy atom. The molecule has 0 aromatic carbocycles. The van der Waals surface area contributed by atoms with Gasteiger partial charge in [-0.25, -0.2) is 4.79 Å². The Morgan fingerprint density at radius 1 is 1.47 bits per heavy atom. The summed E-state index contributed by atoms with van der Waals surface area (Å²) in [6, 6.07) is 3.03.